The average Bonchev–Trinajstić information content (AvgIpc) is 2.40. The van der Waals surface area contributed by atoms with E-state index in [-0.39, 0.29) is 12.5 Å². The number of nitrogens with zero attached hydrogens (tertiary/aromatic N) is 1. The van der Waals surface area contributed by atoms with Gasteiger partial charge in [0, 0.05) is 0 Å². The van der Waals surface area contributed by atoms with Crippen molar-refractivity contribution in [2.75, 3.05) is 18.9 Å². The van der Waals surface area contributed by atoms with Gasteiger partial charge in [-0.25, -0.2) is 4.98 Å². The Morgan fingerprint density at radius 3 is 3.18 bits per heavy atom. The Kier molecular flexibility index (Phi) is 2.62. The van der Waals surface area contributed by atoms with Gasteiger partial charge in [0.05, 0.1) is 12.7 Å². The van der Waals surface area contributed by atoms with Crippen molar-refractivity contribution >= 4 is 11.8 Å². The van der Waals surface area contributed by atoms with E-state index in [0.717, 1.165) is 0 Å². The number of carbonyl (C=O) groups is 1. The van der Waals surface area contributed by atoms with Gasteiger partial charge in [-0.05, 0) is 7.05 Å². The quantitative estimate of drug-likeness (QED) is 0.636. The Morgan fingerprint density at radius 1 is 1.82 bits per heavy atom. The van der Waals surface area contributed by atoms with E-state index in [1.54, 1.807) is 7.05 Å². The standard InChI is InChI=1S/C6H9N3O2/c1-7-2-5(10)9-6-3-8-4-11-6/h3-4,7H,2H2,1H3,(H,9,10). The molecule has 11 heavy (non-hydrogen) atoms. The highest BCUT2D eigenvalue weighted by Gasteiger charge is 2.01. The number of oxazole rings is 1. The summed E-state index contributed by atoms with van der Waals surface area (Å²) in [4.78, 5) is 14.5. The molecule has 1 aromatic rings. The molecular weight excluding hydrogens is 146 g/mol. The van der Waals surface area contributed by atoms with E-state index in [9.17, 15) is 4.79 Å². The largest absolute Gasteiger partial charge is 0.428 e. The molecule has 5 nitrogen and oxygen atoms in total. The van der Waals surface area contributed by atoms with Crippen molar-refractivity contribution in [1.29, 1.82) is 0 Å². The van der Waals surface area contributed by atoms with Gasteiger partial charge in [0.1, 0.15) is 0 Å². The zero-order chi connectivity index (χ0) is 8.10. The molecule has 0 aliphatic rings. The van der Waals surface area contributed by atoms with E-state index in [4.69, 9.17) is 4.42 Å². The third kappa shape index (κ3) is 2.38. The van der Waals surface area contributed by atoms with Crippen molar-refractivity contribution in [1.82, 2.24) is 10.3 Å². The summed E-state index contributed by atoms with van der Waals surface area (Å²) < 4.78 is 4.78. The van der Waals surface area contributed by atoms with E-state index in [2.05, 4.69) is 15.6 Å². The van der Waals surface area contributed by atoms with Crippen LogP contribution in [0.4, 0.5) is 5.88 Å². The topological polar surface area (TPSA) is 67.2 Å². The van der Waals surface area contributed by atoms with Gasteiger partial charge < -0.3 is 9.73 Å². The van der Waals surface area contributed by atoms with Gasteiger partial charge in [-0.2, -0.15) is 0 Å². The fourth-order valence-corrected chi connectivity index (χ4v) is 0.620. The van der Waals surface area contributed by atoms with Crippen LogP contribution in [0, 0.1) is 0 Å². The molecule has 1 amide bonds. The number of carbonyl (C=O) groups excluding carboxylic acids is 1. The molecule has 0 aliphatic heterocycles. The van der Waals surface area contributed by atoms with E-state index < -0.39 is 0 Å². The van der Waals surface area contributed by atoms with Gasteiger partial charge >= 0.3 is 0 Å². The molecule has 1 rings (SSSR count). The van der Waals surface area contributed by atoms with Crippen molar-refractivity contribution in [2.45, 2.75) is 0 Å². The van der Waals surface area contributed by atoms with Gasteiger partial charge in [-0.3, -0.25) is 10.1 Å². The number of hydrogen-bond acceptors (Lipinski definition) is 4. The number of hydrogen-bond donors (Lipinski definition) is 2. The van der Waals surface area contributed by atoms with E-state index in [0.29, 0.717) is 5.88 Å². The van der Waals surface area contributed by atoms with Crippen molar-refractivity contribution in [3.63, 3.8) is 0 Å². The van der Waals surface area contributed by atoms with Gasteiger partial charge in [-0.1, -0.05) is 0 Å². The summed E-state index contributed by atoms with van der Waals surface area (Å²) in [5, 5.41) is 5.20. The molecule has 0 radical (unpaired) electrons. The number of rotatable bonds is 3. The number of amides is 1. The van der Waals surface area contributed by atoms with E-state index in [1.807, 2.05) is 0 Å². The summed E-state index contributed by atoms with van der Waals surface area (Å²) >= 11 is 0. The first kappa shape index (κ1) is 7.74. The summed E-state index contributed by atoms with van der Waals surface area (Å²) in [7, 11) is 1.69. The average molecular weight is 155 g/mol. The number of aromatic nitrogens is 1. The fraction of sp³-hybridized carbons (Fsp3) is 0.333. The third-order valence-electron chi connectivity index (χ3n) is 1.03. The molecule has 5 heteroatoms. The molecule has 0 fully saturated rings. The minimum atomic E-state index is -0.149. The molecular formula is C6H9N3O2. The SMILES string of the molecule is CNCC(=O)Nc1cnco1. The first-order chi connectivity index (χ1) is 5.33. The zero-order valence-corrected chi connectivity index (χ0v) is 6.13. The molecule has 0 saturated heterocycles. The smallest absolute Gasteiger partial charge is 0.240 e. The molecule has 0 atom stereocenters. The second-order valence-corrected chi connectivity index (χ2v) is 1.94. The number of anilines is 1. The van der Waals surface area contributed by atoms with Crippen LogP contribution < -0.4 is 10.6 Å². The lowest BCUT2D eigenvalue weighted by Crippen LogP contribution is -2.24. The van der Waals surface area contributed by atoms with E-state index in [1.165, 1.54) is 12.6 Å². The minimum absolute atomic E-state index is 0.149. The second kappa shape index (κ2) is 3.72. The molecule has 0 unspecified atom stereocenters. The molecule has 1 aromatic heterocycles. The maximum atomic E-state index is 10.8. The molecule has 0 spiro atoms. The Balaban J connectivity index is 2.37. The Hall–Kier alpha value is -1.36. The Bertz CT molecular complexity index is 220. The third-order valence-corrected chi connectivity index (χ3v) is 1.03. The highest BCUT2D eigenvalue weighted by atomic mass is 16.4. The highest BCUT2D eigenvalue weighted by molar-refractivity contribution is 5.90. The van der Waals surface area contributed by atoms with Gasteiger partial charge in [0.15, 0.2) is 6.39 Å². The molecule has 0 aromatic carbocycles. The van der Waals surface area contributed by atoms with Crippen LogP contribution in [0.3, 0.4) is 0 Å². The zero-order valence-electron chi connectivity index (χ0n) is 6.13. The monoisotopic (exact) mass is 155 g/mol. The molecule has 0 saturated carbocycles. The molecule has 2 N–H and O–H groups in total. The molecule has 0 aliphatic carbocycles. The minimum Gasteiger partial charge on any atom is -0.428 e. The van der Waals surface area contributed by atoms with Crippen LogP contribution in [0.2, 0.25) is 0 Å². The van der Waals surface area contributed by atoms with Crippen molar-refractivity contribution in [3.05, 3.63) is 12.6 Å². The first-order valence-corrected chi connectivity index (χ1v) is 3.16. The number of likely N-dealkylation sites (N-methyl/N-ethyl adjacent to an activating group) is 1. The predicted octanol–water partition coefficient (Wildman–Crippen LogP) is -0.168. The number of nitrogens with one attached hydrogen (secondary N) is 2. The van der Waals surface area contributed by atoms with Gasteiger partial charge in [0.25, 0.3) is 0 Å². The van der Waals surface area contributed by atoms with Gasteiger partial charge in [0.2, 0.25) is 11.8 Å². The van der Waals surface area contributed by atoms with Crippen LogP contribution in [-0.2, 0) is 4.79 Å². The molecule has 60 valence electrons. The summed E-state index contributed by atoms with van der Waals surface area (Å²) in [5.74, 6) is 0.217. The van der Waals surface area contributed by atoms with Crippen molar-refractivity contribution < 1.29 is 9.21 Å². The van der Waals surface area contributed by atoms with Crippen LogP contribution in [-0.4, -0.2) is 24.5 Å². The maximum absolute atomic E-state index is 10.8. The van der Waals surface area contributed by atoms with Crippen LogP contribution >= 0.6 is 0 Å². The second-order valence-electron chi connectivity index (χ2n) is 1.94. The Labute approximate surface area is 63.8 Å². The van der Waals surface area contributed by atoms with Crippen LogP contribution in [0.25, 0.3) is 0 Å². The first-order valence-electron chi connectivity index (χ1n) is 3.16. The van der Waals surface area contributed by atoms with Gasteiger partial charge in [-0.15, -0.1) is 0 Å². The summed E-state index contributed by atoms with van der Waals surface area (Å²) in [6.45, 7) is 0.265. The van der Waals surface area contributed by atoms with Crippen molar-refractivity contribution in [3.8, 4) is 0 Å². The summed E-state index contributed by atoms with van der Waals surface area (Å²) in [5.41, 5.74) is 0. The lowest BCUT2D eigenvalue weighted by Gasteiger charge is -1.98. The predicted molar refractivity (Wildman–Crippen MR) is 39.1 cm³/mol. The van der Waals surface area contributed by atoms with Crippen LogP contribution in [0.5, 0.6) is 0 Å². The highest BCUT2D eigenvalue weighted by Crippen LogP contribution is 2.01. The van der Waals surface area contributed by atoms with Crippen molar-refractivity contribution in [2.24, 2.45) is 0 Å². The lowest BCUT2D eigenvalue weighted by atomic mass is 10.6. The Morgan fingerprint density at radius 2 is 2.64 bits per heavy atom. The van der Waals surface area contributed by atoms with E-state index >= 15 is 0 Å². The summed E-state index contributed by atoms with van der Waals surface area (Å²) in [6.07, 6.45) is 2.70. The lowest BCUT2D eigenvalue weighted by molar-refractivity contribution is -0.115. The van der Waals surface area contributed by atoms with Crippen LogP contribution in [0.1, 0.15) is 0 Å². The molecule has 0 bridgehead atoms. The van der Waals surface area contributed by atoms with Crippen LogP contribution in [0.15, 0.2) is 17.0 Å². The maximum Gasteiger partial charge on any atom is 0.240 e. The molecule has 1 heterocycles. The fourth-order valence-electron chi connectivity index (χ4n) is 0.620. The summed E-state index contributed by atoms with van der Waals surface area (Å²) in [6, 6.07) is 0. The normalized spacial score (nSPS) is 9.55.